The lowest BCUT2D eigenvalue weighted by Gasteiger charge is -2.06. The van der Waals surface area contributed by atoms with Gasteiger partial charge in [0.2, 0.25) is 5.91 Å². The molecule has 2 atom stereocenters. The van der Waals surface area contributed by atoms with Gasteiger partial charge in [-0.15, -0.1) is 0 Å². The summed E-state index contributed by atoms with van der Waals surface area (Å²) >= 11 is 0. The van der Waals surface area contributed by atoms with Gasteiger partial charge in [0.15, 0.2) is 0 Å². The van der Waals surface area contributed by atoms with E-state index in [4.69, 9.17) is 5.73 Å². The number of hydrogen-bond donors (Lipinski definition) is 2. The van der Waals surface area contributed by atoms with Gasteiger partial charge in [-0.05, 0) is 37.6 Å². The van der Waals surface area contributed by atoms with Crippen molar-refractivity contribution in [2.75, 3.05) is 11.1 Å². The largest absolute Gasteiger partial charge is 0.396 e. The van der Waals surface area contributed by atoms with Crippen molar-refractivity contribution in [1.29, 1.82) is 0 Å². The lowest BCUT2D eigenvalue weighted by molar-refractivity contribution is -0.117. The first kappa shape index (κ1) is 13.5. The zero-order valence-electron chi connectivity index (χ0n) is 11.5. The highest BCUT2D eigenvalue weighted by atomic mass is 19.1. The molecule has 6 heteroatoms. The fraction of sp³-hybridized carbons (Fsp3) is 0.267. The molecule has 1 unspecified atom stereocenters. The molecule has 108 valence electrons. The summed E-state index contributed by atoms with van der Waals surface area (Å²) in [5.41, 5.74) is 6.87. The summed E-state index contributed by atoms with van der Waals surface area (Å²) in [7, 11) is 0. The molecular weight excluding hydrogens is 271 g/mol. The molecule has 21 heavy (non-hydrogen) atoms. The minimum absolute atomic E-state index is 0.0159. The van der Waals surface area contributed by atoms with Crippen molar-refractivity contribution in [2.45, 2.75) is 19.3 Å². The number of nitrogens with two attached hydrogens (primary N) is 1. The Morgan fingerprint density at radius 3 is 2.95 bits per heavy atom. The van der Waals surface area contributed by atoms with Crippen molar-refractivity contribution in [1.82, 2.24) is 9.97 Å². The van der Waals surface area contributed by atoms with Crippen LogP contribution in [0.4, 0.5) is 15.8 Å². The highest BCUT2D eigenvalue weighted by Gasteiger charge is 2.46. The van der Waals surface area contributed by atoms with Crippen molar-refractivity contribution in [3.63, 3.8) is 0 Å². The van der Waals surface area contributed by atoms with E-state index in [2.05, 4.69) is 15.3 Å². The summed E-state index contributed by atoms with van der Waals surface area (Å²) < 4.78 is 13.1. The maximum Gasteiger partial charge on any atom is 0.228 e. The van der Waals surface area contributed by atoms with Crippen LogP contribution in [-0.4, -0.2) is 15.9 Å². The molecule has 0 bridgehead atoms. The molecule has 0 aliphatic heterocycles. The number of nitrogens with zero attached hydrogens (tertiary/aromatic N) is 2. The molecule has 1 heterocycles. The highest BCUT2D eigenvalue weighted by Crippen LogP contribution is 2.46. The predicted octanol–water partition coefficient (Wildman–Crippen LogP) is 2.25. The Labute approximate surface area is 121 Å². The van der Waals surface area contributed by atoms with Crippen LogP contribution in [0, 0.1) is 18.7 Å². The number of aryl methyl sites for hydroxylation is 1. The fourth-order valence-electron chi connectivity index (χ4n) is 2.27. The van der Waals surface area contributed by atoms with Gasteiger partial charge in [0, 0.05) is 29.4 Å². The normalized spacial score (nSPS) is 20.1. The number of nitrogen functional groups attached to an aromatic ring is 1. The van der Waals surface area contributed by atoms with Crippen LogP contribution in [0.25, 0.3) is 0 Å². The summed E-state index contributed by atoms with van der Waals surface area (Å²) in [4.78, 5) is 20.7. The van der Waals surface area contributed by atoms with E-state index in [9.17, 15) is 9.18 Å². The standard InChI is InChI=1S/C15H15FN4O/c1-8-4-5-18-14(19-8)10-7-11(10)15(21)20-9-2-3-12(16)13(17)6-9/h2-6,10-11H,7,17H2,1H3,(H,20,21)/t10?,11-/m0/s1. The van der Waals surface area contributed by atoms with Gasteiger partial charge >= 0.3 is 0 Å². The summed E-state index contributed by atoms with van der Waals surface area (Å²) in [6.45, 7) is 1.89. The number of rotatable bonds is 3. The molecule has 1 aliphatic carbocycles. The number of aromatic nitrogens is 2. The smallest absolute Gasteiger partial charge is 0.228 e. The molecule has 3 rings (SSSR count). The number of halogens is 1. The Hall–Kier alpha value is -2.50. The first-order valence-electron chi connectivity index (χ1n) is 6.70. The molecule has 1 aromatic carbocycles. The molecule has 1 amide bonds. The Balaban J connectivity index is 1.66. The van der Waals surface area contributed by atoms with Crippen molar-refractivity contribution in [3.8, 4) is 0 Å². The SMILES string of the molecule is Cc1ccnc(C2C[C@@H]2C(=O)Nc2ccc(F)c(N)c2)n1. The van der Waals surface area contributed by atoms with E-state index in [-0.39, 0.29) is 23.4 Å². The van der Waals surface area contributed by atoms with Gasteiger partial charge in [0.05, 0.1) is 5.69 Å². The Morgan fingerprint density at radius 2 is 2.24 bits per heavy atom. The third-order valence-corrected chi connectivity index (χ3v) is 3.54. The van der Waals surface area contributed by atoms with E-state index in [1.54, 1.807) is 6.20 Å². The van der Waals surface area contributed by atoms with Crippen molar-refractivity contribution in [3.05, 3.63) is 47.8 Å². The quantitative estimate of drug-likeness (QED) is 0.848. The average molecular weight is 286 g/mol. The first-order valence-corrected chi connectivity index (χ1v) is 6.70. The molecule has 1 saturated carbocycles. The Kier molecular flexibility index (Phi) is 3.29. The topological polar surface area (TPSA) is 80.9 Å². The van der Waals surface area contributed by atoms with E-state index < -0.39 is 5.82 Å². The second-order valence-corrected chi connectivity index (χ2v) is 5.23. The molecule has 1 fully saturated rings. The lowest BCUT2D eigenvalue weighted by Crippen LogP contribution is -2.15. The van der Waals surface area contributed by atoms with Crippen LogP contribution in [0.15, 0.2) is 30.5 Å². The maximum atomic E-state index is 13.1. The van der Waals surface area contributed by atoms with Crippen LogP contribution in [0.1, 0.15) is 23.9 Å². The number of carbonyl (C=O) groups is 1. The number of carbonyl (C=O) groups excluding carboxylic acids is 1. The Morgan fingerprint density at radius 1 is 1.43 bits per heavy atom. The molecule has 2 aromatic rings. The maximum absolute atomic E-state index is 13.1. The van der Waals surface area contributed by atoms with Crippen LogP contribution >= 0.6 is 0 Å². The predicted molar refractivity (Wildman–Crippen MR) is 77.1 cm³/mol. The van der Waals surface area contributed by atoms with Gasteiger partial charge < -0.3 is 11.1 Å². The van der Waals surface area contributed by atoms with Crippen molar-refractivity contribution >= 4 is 17.3 Å². The molecule has 0 saturated heterocycles. The zero-order chi connectivity index (χ0) is 15.0. The molecule has 0 radical (unpaired) electrons. The van der Waals surface area contributed by atoms with Gasteiger partial charge in [-0.1, -0.05) is 0 Å². The number of nitrogens with one attached hydrogen (secondary N) is 1. The summed E-state index contributed by atoms with van der Waals surface area (Å²) in [6.07, 6.45) is 2.43. The second kappa shape index (κ2) is 5.12. The van der Waals surface area contributed by atoms with Gasteiger partial charge in [-0.25, -0.2) is 14.4 Å². The van der Waals surface area contributed by atoms with E-state index in [0.29, 0.717) is 11.5 Å². The lowest BCUT2D eigenvalue weighted by atomic mass is 10.2. The number of hydrogen-bond acceptors (Lipinski definition) is 4. The molecular formula is C15H15FN4O. The van der Waals surface area contributed by atoms with Crippen LogP contribution in [-0.2, 0) is 4.79 Å². The summed E-state index contributed by atoms with van der Waals surface area (Å²) in [5, 5.41) is 2.75. The molecule has 5 nitrogen and oxygen atoms in total. The summed E-state index contributed by atoms with van der Waals surface area (Å²) in [5.74, 6) is 0.0103. The van der Waals surface area contributed by atoms with Gasteiger partial charge in [-0.2, -0.15) is 0 Å². The van der Waals surface area contributed by atoms with Gasteiger partial charge in [0.25, 0.3) is 0 Å². The van der Waals surface area contributed by atoms with Crippen LogP contribution in [0.5, 0.6) is 0 Å². The van der Waals surface area contributed by atoms with Crippen LogP contribution in [0.2, 0.25) is 0 Å². The molecule has 1 aliphatic rings. The third-order valence-electron chi connectivity index (χ3n) is 3.54. The van der Waals surface area contributed by atoms with E-state index in [1.807, 2.05) is 13.0 Å². The summed E-state index contributed by atoms with van der Waals surface area (Å²) in [6, 6.07) is 5.96. The van der Waals surface area contributed by atoms with Crippen LogP contribution < -0.4 is 11.1 Å². The third kappa shape index (κ3) is 2.84. The Bertz CT molecular complexity index is 704. The van der Waals surface area contributed by atoms with Crippen LogP contribution in [0.3, 0.4) is 0 Å². The van der Waals surface area contributed by atoms with E-state index in [1.165, 1.54) is 18.2 Å². The van der Waals surface area contributed by atoms with Crippen molar-refractivity contribution < 1.29 is 9.18 Å². The average Bonchev–Trinajstić information content (AvgIpc) is 3.23. The van der Waals surface area contributed by atoms with Crippen molar-refractivity contribution in [2.24, 2.45) is 5.92 Å². The number of amides is 1. The van der Waals surface area contributed by atoms with E-state index in [0.717, 1.165) is 12.1 Å². The fourth-order valence-corrected chi connectivity index (χ4v) is 2.27. The molecule has 1 aromatic heterocycles. The van der Waals surface area contributed by atoms with E-state index >= 15 is 0 Å². The van der Waals surface area contributed by atoms with Gasteiger partial charge in [0.1, 0.15) is 11.6 Å². The number of anilines is 2. The second-order valence-electron chi connectivity index (χ2n) is 5.23. The molecule has 3 N–H and O–H groups in total. The zero-order valence-corrected chi connectivity index (χ0v) is 11.5. The number of benzene rings is 1. The minimum Gasteiger partial charge on any atom is -0.396 e. The minimum atomic E-state index is -0.495. The first-order chi connectivity index (χ1) is 10.0. The highest BCUT2D eigenvalue weighted by molar-refractivity contribution is 5.95. The monoisotopic (exact) mass is 286 g/mol. The molecule has 0 spiro atoms. The van der Waals surface area contributed by atoms with Gasteiger partial charge in [-0.3, -0.25) is 4.79 Å².